The van der Waals surface area contributed by atoms with Crippen LogP contribution in [-0.2, 0) is 4.79 Å². The van der Waals surface area contributed by atoms with Crippen molar-refractivity contribution in [1.29, 1.82) is 0 Å². The second-order valence-electron chi connectivity index (χ2n) is 5.07. The number of nitrogens with one attached hydrogen (secondary N) is 2. The van der Waals surface area contributed by atoms with E-state index in [1.54, 1.807) is 5.32 Å². The third-order valence-electron chi connectivity index (χ3n) is 3.90. The Morgan fingerprint density at radius 1 is 1.25 bits per heavy atom. The Hall–Kier alpha value is -0.700. The molecule has 1 aliphatic heterocycles. The Kier molecular flexibility index (Phi) is 3.45. The van der Waals surface area contributed by atoms with Gasteiger partial charge in [-0.15, -0.1) is 11.6 Å². The Balaban J connectivity index is 2.37. The van der Waals surface area contributed by atoms with E-state index in [9.17, 15) is 31.1 Å². The van der Waals surface area contributed by atoms with Crippen molar-refractivity contribution in [3.05, 3.63) is 0 Å². The second kappa shape index (κ2) is 4.40. The van der Waals surface area contributed by atoms with E-state index in [2.05, 4.69) is 5.32 Å². The van der Waals surface area contributed by atoms with Crippen molar-refractivity contribution < 1.29 is 31.1 Å². The molecule has 20 heavy (non-hydrogen) atoms. The van der Waals surface area contributed by atoms with Gasteiger partial charge >= 0.3 is 12.4 Å². The molecule has 1 aliphatic carbocycles. The molecule has 4 atom stereocenters. The quantitative estimate of drug-likeness (QED) is 0.572. The minimum absolute atomic E-state index is 0.468. The van der Waals surface area contributed by atoms with E-state index in [4.69, 9.17) is 11.6 Å². The topological polar surface area (TPSA) is 41.1 Å². The first-order valence-electron chi connectivity index (χ1n) is 5.74. The van der Waals surface area contributed by atoms with Crippen LogP contribution >= 0.6 is 11.6 Å². The van der Waals surface area contributed by atoms with Crippen LogP contribution in [0.4, 0.5) is 26.3 Å². The van der Waals surface area contributed by atoms with Crippen molar-refractivity contribution in [2.45, 2.75) is 48.7 Å². The van der Waals surface area contributed by atoms with Crippen LogP contribution in [0.3, 0.4) is 0 Å². The van der Waals surface area contributed by atoms with E-state index < -0.39 is 53.6 Å². The zero-order valence-electron chi connectivity index (χ0n) is 10.1. The van der Waals surface area contributed by atoms with Crippen molar-refractivity contribution in [1.82, 2.24) is 10.6 Å². The number of hydrogen-bond acceptors (Lipinski definition) is 2. The maximum absolute atomic E-state index is 13.0. The standard InChI is InChI=1S/C10H11ClF6N2O/c1-3(20)18-5-2-4-6(11)7(5)19-8(4,9(12,13)14)10(15,16)17/h4-7,19H,2H2,1H3,(H,18,20). The number of amides is 1. The third kappa shape index (κ3) is 1.97. The van der Waals surface area contributed by atoms with Crippen LogP contribution in [0.2, 0.25) is 0 Å². The molecule has 0 aromatic heterocycles. The van der Waals surface area contributed by atoms with Crippen molar-refractivity contribution >= 4 is 17.5 Å². The molecule has 1 heterocycles. The molecule has 116 valence electrons. The summed E-state index contributed by atoms with van der Waals surface area (Å²) in [7, 11) is 0. The fourth-order valence-electron chi connectivity index (χ4n) is 3.14. The first-order chi connectivity index (χ1) is 8.92. The number of carbonyl (C=O) groups excluding carboxylic acids is 1. The van der Waals surface area contributed by atoms with Gasteiger partial charge in [0.25, 0.3) is 0 Å². The van der Waals surface area contributed by atoms with Crippen LogP contribution in [0, 0.1) is 5.92 Å². The van der Waals surface area contributed by atoms with Gasteiger partial charge in [-0.05, 0) is 6.42 Å². The molecule has 2 rings (SSSR count). The van der Waals surface area contributed by atoms with E-state index in [-0.39, 0.29) is 0 Å². The molecule has 1 saturated carbocycles. The Labute approximate surface area is 115 Å². The number of hydrogen-bond donors (Lipinski definition) is 2. The first-order valence-corrected chi connectivity index (χ1v) is 6.18. The van der Waals surface area contributed by atoms with Gasteiger partial charge < -0.3 is 5.32 Å². The highest BCUT2D eigenvalue weighted by atomic mass is 35.5. The summed E-state index contributed by atoms with van der Waals surface area (Å²) in [6.07, 6.45) is -11.5. The maximum atomic E-state index is 13.0. The Morgan fingerprint density at radius 3 is 2.05 bits per heavy atom. The molecule has 10 heteroatoms. The number of fused-ring (bicyclic) bond motifs is 2. The third-order valence-corrected chi connectivity index (χ3v) is 4.48. The zero-order valence-corrected chi connectivity index (χ0v) is 10.8. The molecule has 1 saturated heterocycles. The lowest BCUT2D eigenvalue weighted by atomic mass is 9.81. The Bertz CT molecular complexity index is 409. The molecule has 3 nitrogen and oxygen atoms in total. The van der Waals surface area contributed by atoms with Gasteiger partial charge in [-0.3, -0.25) is 10.1 Å². The average molecular weight is 325 g/mol. The van der Waals surface area contributed by atoms with E-state index >= 15 is 0 Å². The summed E-state index contributed by atoms with van der Waals surface area (Å²) >= 11 is 5.74. The fraction of sp³-hybridized carbons (Fsp3) is 0.900. The number of alkyl halides is 7. The highest BCUT2D eigenvalue weighted by molar-refractivity contribution is 6.22. The summed E-state index contributed by atoms with van der Waals surface area (Å²) in [6.45, 7) is 1.13. The average Bonchev–Trinajstić information content (AvgIpc) is 2.66. The summed E-state index contributed by atoms with van der Waals surface area (Å²) in [5.41, 5.74) is -4.01. The Morgan fingerprint density at radius 2 is 1.75 bits per heavy atom. The predicted octanol–water partition coefficient (Wildman–Crippen LogP) is 1.95. The van der Waals surface area contributed by atoms with Crippen LogP contribution in [-0.4, -0.2) is 41.3 Å². The molecule has 0 aromatic rings. The second-order valence-corrected chi connectivity index (χ2v) is 5.57. The van der Waals surface area contributed by atoms with Crippen molar-refractivity contribution in [2.75, 3.05) is 0 Å². The highest BCUT2D eigenvalue weighted by Gasteiger charge is 2.81. The molecule has 1 amide bonds. The molecule has 2 aliphatic rings. The lowest BCUT2D eigenvalue weighted by Gasteiger charge is -2.42. The summed E-state index contributed by atoms with van der Waals surface area (Å²) in [6, 6.07) is -2.10. The van der Waals surface area contributed by atoms with Gasteiger partial charge in [0.1, 0.15) is 0 Å². The van der Waals surface area contributed by atoms with Gasteiger partial charge in [0.2, 0.25) is 11.4 Å². The number of halogens is 7. The summed E-state index contributed by atoms with van der Waals surface area (Å²) in [4.78, 5) is 10.9. The van der Waals surface area contributed by atoms with E-state index in [1.165, 1.54) is 0 Å². The van der Waals surface area contributed by atoms with Crippen molar-refractivity contribution in [3.63, 3.8) is 0 Å². The summed E-state index contributed by atoms with van der Waals surface area (Å²) < 4.78 is 78.0. The first kappa shape index (κ1) is 15.7. The number of rotatable bonds is 1. The van der Waals surface area contributed by atoms with Crippen molar-refractivity contribution in [2.24, 2.45) is 5.92 Å². The predicted molar refractivity (Wildman–Crippen MR) is 57.1 cm³/mol. The fourth-order valence-corrected chi connectivity index (χ4v) is 3.67. The van der Waals surface area contributed by atoms with Gasteiger partial charge in [-0.1, -0.05) is 0 Å². The minimum Gasteiger partial charge on any atom is -0.352 e. The van der Waals surface area contributed by atoms with E-state index in [0.717, 1.165) is 6.92 Å². The zero-order chi connectivity index (χ0) is 15.5. The molecule has 0 spiro atoms. The lowest BCUT2D eigenvalue weighted by molar-refractivity contribution is -0.319. The SMILES string of the molecule is CC(=O)NC1CC2C(Cl)C1NC2(C(F)(F)F)C(F)(F)F. The monoisotopic (exact) mass is 324 g/mol. The van der Waals surface area contributed by atoms with Gasteiger partial charge in [-0.25, -0.2) is 0 Å². The number of carbonyl (C=O) groups is 1. The summed E-state index contributed by atoms with van der Waals surface area (Å²) in [5.74, 6) is -2.40. The lowest BCUT2D eigenvalue weighted by Crippen LogP contribution is -2.71. The van der Waals surface area contributed by atoms with Crippen LogP contribution in [0.25, 0.3) is 0 Å². The normalized spacial score (nSPS) is 36.2. The van der Waals surface area contributed by atoms with Gasteiger partial charge in [0.05, 0.1) is 5.38 Å². The molecule has 2 N–H and O–H groups in total. The van der Waals surface area contributed by atoms with Crippen LogP contribution in [0.15, 0.2) is 0 Å². The van der Waals surface area contributed by atoms with E-state index in [0.29, 0.717) is 0 Å². The van der Waals surface area contributed by atoms with Crippen LogP contribution < -0.4 is 10.6 Å². The number of piperidine rings is 1. The smallest absolute Gasteiger partial charge is 0.352 e. The molecule has 0 aromatic carbocycles. The maximum Gasteiger partial charge on any atom is 0.415 e. The van der Waals surface area contributed by atoms with Crippen LogP contribution in [0.1, 0.15) is 13.3 Å². The molecule has 2 fully saturated rings. The largest absolute Gasteiger partial charge is 0.415 e. The van der Waals surface area contributed by atoms with Gasteiger partial charge in [0.15, 0.2) is 0 Å². The minimum atomic E-state index is -5.51. The molecular formula is C10H11ClF6N2O. The molecular weight excluding hydrogens is 314 g/mol. The summed E-state index contributed by atoms with van der Waals surface area (Å²) in [5, 5.41) is 2.56. The van der Waals surface area contributed by atoms with Gasteiger partial charge in [0, 0.05) is 24.9 Å². The van der Waals surface area contributed by atoms with Gasteiger partial charge in [-0.2, -0.15) is 26.3 Å². The molecule has 0 radical (unpaired) electrons. The molecule has 2 bridgehead atoms. The van der Waals surface area contributed by atoms with Crippen LogP contribution in [0.5, 0.6) is 0 Å². The molecule has 4 unspecified atom stereocenters. The van der Waals surface area contributed by atoms with E-state index in [1.807, 2.05) is 0 Å². The highest BCUT2D eigenvalue weighted by Crippen LogP contribution is 2.58. The van der Waals surface area contributed by atoms with Crippen molar-refractivity contribution in [3.8, 4) is 0 Å².